The molecule has 3 amide bonds. The molecule has 0 saturated heterocycles. The van der Waals surface area contributed by atoms with E-state index in [1.165, 1.54) is 0 Å². The number of rotatable bonds is 9. The van der Waals surface area contributed by atoms with Crippen molar-refractivity contribution in [1.29, 1.82) is 0 Å². The molecule has 164 valence electrons. The van der Waals surface area contributed by atoms with Gasteiger partial charge >= 0.3 is 0 Å². The highest BCUT2D eigenvalue weighted by Crippen LogP contribution is 2.16. The van der Waals surface area contributed by atoms with Crippen LogP contribution in [0.25, 0.3) is 0 Å². The van der Waals surface area contributed by atoms with E-state index in [1.54, 1.807) is 31.4 Å². The minimum atomic E-state index is -0.497. The molecule has 0 saturated carbocycles. The van der Waals surface area contributed by atoms with Gasteiger partial charge in [0, 0.05) is 19.4 Å². The molecule has 0 aliphatic rings. The molecule has 31 heavy (non-hydrogen) atoms. The summed E-state index contributed by atoms with van der Waals surface area (Å²) in [7, 11) is 1.55. The Bertz CT molecular complexity index is 890. The van der Waals surface area contributed by atoms with Crippen molar-refractivity contribution in [3.8, 4) is 11.5 Å². The number of hydrazine groups is 1. The SMILES string of the molecule is COc1ccc(OCC(=O)NC(=S)NNC(=O)CCC(=O)NCc2ccccc2)cc1. The van der Waals surface area contributed by atoms with E-state index in [1.807, 2.05) is 30.3 Å². The van der Waals surface area contributed by atoms with Crippen LogP contribution in [-0.2, 0) is 20.9 Å². The van der Waals surface area contributed by atoms with Crippen molar-refractivity contribution in [3.63, 3.8) is 0 Å². The summed E-state index contributed by atoms with van der Waals surface area (Å²) < 4.78 is 10.4. The van der Waals surface area contributed by atoms with Crippen molar-refractivity contribution in [2.45, 2.75) is 19.4 Å². The summed E-state index contributed by atoms with van der Waals surface area (Å²) in [6.45, 7) is 0.137. The molecule has 0 spiro atoms. The van der Waals surface area contributed by atoms with Crippen LogP contribution in [0.5, 0.6) is 11.5 Å². The summed E-state index contributed by atoms with van der Waals surface area (Å²) in [5.41, 5.74) is 5.70. The second kappa shape index (κ2) is 12.8. The molecule has 10 heteroatoms. The number of amides is 3. The van der Waals surface area contributed by atoms with E-state index < -0.39 is 11.8 Å². The van der Waals surface area contributed by atoms with E-state index in [-0.39, 0.29) is 30.5 Å². The fourth-order valence-electron chi connectivity index (χ4n) is 2.32. The van der Waals surface area contributed by atoms with E-state index in [0.29, 0.717) is 18.0 Å². The Labute approximate surface area is 185 Å². The van der Waals surface area contributed by atoms with Gasteiger partial charge in [-0.1, -0.05) is 30.3 Å². The molecule has 2 rings (SSSR count). The third-order valence-electron chi connectivity index (χ3n) is 3.91. The van der Waals surface area contributed by atoms with Gasteiger partial charge in [-0.25, -0.2) is 0 Å². The van der Waals surface area contributed by atoms with Crippen molar-refractivity contribution in [2.75, 3.05) is 13.7 Å². The Kier molecular flexibility index (Phi) is 9.76. The summed E-state index contributed by atoms with van der Waals surface area (Å²) in [6, 6.07) is 16.2. The van der Waals surface area contributed by atoms with Gasteiger partial charge in [0.15, 0.2) is 11.7 Å². The van der Waals surface area contributed by atoms with E-state index >= 15 is 0 Å². The van der Waals surface area contributed by atoms with Gasteiger partial charge in [0.05, 0.1) is 7.11 Å². The number of carbonyl (C=O) groups is 3. The van der Waals surface area contributed by atoms with Gasteiger partial charge in [-0.3, -0.25) is 30.6 Å². The average Bonchev–Trinajstić information content (AvgIpc) is 2.79. The maximum Gasteiger partial charge on any atom is 0.264 e. The number of benzene rings is 2. The molecule has 0 unspecified atom stereocenters. The van der Waals surface area contributed by atoms with Crippen LogP contribution >= 0.6 is 12.2 Å². The van der Waals surface area contributed by atoms with Crippen molar-refractivity contribution < 1.29 is 23.9 Å². The van der Waals surface area contributed by atoms with Gasteiger partial charge < -0.3 is 14.8 Å². The molecule has 0 fully saturated rings. The van der Waals surface area contributed by atoms with Crippen LogP contribution < -0.4 is 31.0 Å². The summed E-state index contributed by atoms with van der Waals surface area (Å²) >= 11 is 4.93. The van der Waals surface area contributed by atoms with Gasteiger partial charge in [0.2, 0.25) is 11.8 Å². The Morgan fingerprint density at radius 2 is 1.48 bits per heavy atom. The Hall–Kier alpha value is -3.66. The first-order valence-electron chi connectivity index (χ1n) is 9.42. The van der Waals surface area contributed by atoms with Crippen LogP contribution in [0.1, 0.15) is 18.4 Å². The standard InChI is InChI=1S/C21H24N4O5S/c1-29-16-7-9-17(10-8-16)30-14-20(28)23-21(31)25-24-19(27)12-11-18(26)22-13-15-5-3-2-4-6-15/h2-10H,11-14H2,1H3,(H,22,26)(H,24,27)(H2,23,25,28,31). The fraction of sp³-hybridized carbons (Fsp3) is 0.238. The van der Waals surface area contributed by atoms with Gasteiger partial charge in [-0.15, -0.1) is 0 Å². The Balaban J connectivity index is 1.57. The predicted molar refractivity (Wildman–Crippen MR) is 118 cm³/mol. The van der Waals surface area contributed by atoms with E-state index in [4.69, 9.17) is 21.7 Å². The first-order chi connectivity index (χ1) is 15.0. The smallest absolute Gasteiger partial charge is 0.264 e. The quantitative estimate of drug-likeness (QED) is 0.339. The van der Waals surface area contributed by atoms with Crippen LogP contribution in [0.3, 0.4) is 0 Å². The van der Waals surface area contributed by atoms with Crippen LogP contribution in [-0.4, -0.2) is 36.6 Å². The van der Waals surface area contributed by atoms with Gasteiger partial charge in [-0.2, -0.15) is 0 Å². The Morgan fingerprint density at radius 1 is 0.839 bits per heavy atom. The summed E-state index contributed by atoms with van der Waals surface area (Å²) in [4.78, 5) is 35.5. The molecule has 2 aromatic carbocycles. The number of hydrogen-bond acceptors (Lipinski definition) is 6. The van der Waals surface area contributed by atoms with Gasteiger partial charge in [0.1, 0.15) is 11.5 Å². The molecule has 0 bridgehead atoms. The number of nitrogens with one attached hydrogen (secondary N) is 4. The van der Waals surface area contributed by atoms with Crippen LogP contribution in [0.15, 0.2) is 54.6 Å². The number of hydrogen-bond donors (Lipinski definition) is 4. The fourth-order valence-corrected chi connectivity index (χ4v) is 2.48. The number of ether oxygens (including phenoxy) is 2. The summed E-state index contributed by atoms with van der Waals surface area (Å²) in [6.07, 6.45) is -0.0140. The lowest BCUT2D eigenvalue weighted by Crippen LogP contribution is -2.49. The van der Waals surface area contributed by atoms with E-state index in [9.17, 15) is 14.4 Å². The lowest BCUT2D eigenvalue weighted by Gasteiger charge is -2.11. The molecule has 0 aliphatic carbocycles. The zero-order valence-electron chi connectivity index (χ0n) is 17.0. The molecule has 9 nitrogen and oxygen atoms in total. The lowest BCUT2D eigenvalue weighted by atomic mass is 10.2. The van der Waals surface area contributed by atoms with Crippen molar-refractivity contribution in [3.05, 3.63) is 60.2 Å². The molecule has 0 aromatic heterocycles. The van der Waals surface area contributed by atoms with Gasteiger partial charge in [0.25, 0.3) is 5.91 Å². The average molecular weight is 445 g/mol. The first kappa shape index (κ1) is 23.6. The van der Waals surface area contributed by atoms with Crippen molar-refractivity contribution in [2.24, 2.45) is 0 Å². The van der Waals surface area contributed by atoms with Gasteiger partial charge in [-0.05, 0) is 42.0 Å². The summed E-state index contributed by atoms with van der Waals surface area (Å²) in [5, 5.41) is 5.01. The third-order valence-corrected chi connectivity index (χ3v) is 4.11. The molecule has 0 atom stereocenters. The van der Waals surface area contributed by atoms with Crippen molar-refractivity contribution in [1.82, 2.24) is 21.5 Å². The van der Waals surface area contributed by atoms with Crippen LogP contribution in [0.4, 0.5) is 0 Å². The second-order valence-electron chi connectivity index (χ2n) is 6.28. The summed E-state index contributed by atoms with van der Waals surface area (Å²) in [5.74, 6) is -0.0189. The van der Waals surface area contributed by atoms with E-state index in [2.05, 4.69) is 21.5 Å². The zero-order chi connectivity index (χ0) is 22.5. The molecule has 4 N–H and O–H groups in total. The molecule has 0 radical (unpaired) electrons. The monoisotopic (exact) mass is 444 g/mol. The maximum atomic E-state index is 11.8. The number of methoxy groups -OCH3 is 1. The molecular weight excluding hydrogens is 420 g/mol. The highest BCUT2D eigenvalue weighted by molar-refractivity contribution is 7.80. The number of thiocarbonyl (C=S) groups is 1. The lowest BCUT2D eigenvalue weighted by molar-refractivity contribution is -0.126. The van der Waals surface area contributed by atoms with Crippen LogP contribution in [0.2, 0.25) is 0 Å². The maximum absolute atomic E-state index is 11.8. The first-order valence-corrected chi connectivity index (χ1v) is 9.83. The topological polar surface area (TPSA) is 118 Å². The normalized spacial score (nSPS) is 9.84. The molecule has 2 aromatic rings. The van der Waals surface area contributed by atoms with Crippen LogP contribution in [0, 0.1) is 0 Å². The zero-order valence-corrected chi connectivity index (χ0v) is 17.8. The number of carbonyl (C=O) groups excluding carboxylic acids is 3. The highest BCUT2D eigenvalue weighted by Gasteiger charge is 2.09. The second-order valence-corrected chi connectivity index (χ2v) is 6.69. The molecular formula is C21H24N4O5S. The molecule has 0 heterocycles. The minimum absolute atomic E-state index is 0.0230. The largest absolute Gasteiger partial charge is 0.497 e. The van der Waals surface area contributed by atoms with E-state index in [0.717, 1.165) is 5.56 Å². The highest BCUT2D eigenvalue weighted by atomic mass is 32.1. The Morgan fingerprint density at radius 3 is 2.16 bits per heavy atom. The minimum Gasteiger partial charge on any atom is -0.497 e. The molecule has 0 aliphatic heterocycles. The van der Waals surface area contributed by atoms with Crippen molar-refractivity contribution >= 4 is 35.1 Å². The third kappa shape index (κ3) is 9.59. The predicted octanol–water partition coefficient (Wildman–Crippen LogP) is 1.19.